The minimum atomic E-state index is -1.22. The summed E-state index contributed by atoms with van der Waals surface area (Å²) in [4.78, 5) is 42.7. The van der Waals surface area contributed by atoms with Gasteiger partial charge in [-0.3, -0.25) is 14.5 Å². The summed E-state index contributed by atoms with van der Waals surface area (Å²) >= 11 is 4.74. The van der Waals surface area contributed by atoms with E-state index < -0.39 is 29.2 Å². The Labute approximate surface area is 190 Å². The monoisotopic (exact) mass is 499 g/mol. The van der Waals surface area contributed by atoms with Crippen LogP contribution in [0.25, 0.3) is 0 Å². The number of nitrogens with one attached hydrogen (secondary N) is 1. The number of nitrogen functional groups attached to an aromatic ring is 1. The summed E-state index contributed by atoms with van der Waals surface area (Å²) in [6.45, 7) is 0. The number of carboxylic acids is 1. The Morgan fingerprint density at radius 3 is 2.87 bits per heavy atom. The number of thioether (sulfide) groups is 2. The number of aliphatic carboxylic acids is 1. The zero-order valence-electron chi connectivity index (χ0n) is 15.3. The molecular weight excluding hydrogens is 486 g/mol. The van der Waals surface area contributed by atoms with E-state index in [1.54, 1.807) is 6.20 Å². The number of anilines is 1. The molecule has 1 saturated heterocycles. The lowest BCUT2D eigenvalue weighted by molar-refractivity contribution is -0.150. The van der Waals surface area contributed by atoms with E-state index in [4.69, 9.17) is 5.73 Å². The van der Waals surface area contributed by atoms with Gasteiger partial charge in [-0.05, 0) is 0 Å². The fourth-order valence-electron chi connectivity index (χ4n) is 2.93. The van der Waals surface area contributed by atoms with Crippen molar-refractivity contribution in [3.05, 3.63) is 33.6 Å². The number of carboxylic acid groups (broad SMARTS) is 1. The second-order valence-electron chi connectivity index (χ2n) is 6.14. The summed E-state index contributed by atoms with van der Waals surface area (Å²) in [6.07, 6.45) is 1.61. The number of fused-ring (bicyclic) bond motifs is 1. The molecule has 4 rings (SSSR count). The Morgan fingerprint density at radius 2 is 2.26 bits per heavy atom. The summed E-state index contributed by atoms with van der Waals surface area (Å²) in [7, 11) is 0. The van der Waals surface area contributed by atoms with E-state index in [9.17, 15) is 24.7 Å². The quantitative estimate of drug-likeness (QED) is 0.179. The maximum atomic E-state index is 12.7. The second-order valence-corrected chi connectivity index (χ2v) is 9.77. The van der Waals surface area contributed by atoms with Crippen LogP contribution in [0.2, 0.25) is 0 Å². The van der Waals surface area contributed by atoms with Crippen LogP contribution >= 0.6 is 46.6 Å². The molecule has 12 nitrogen and oxygen atoms in total. The van der Waals surface area contributed by atoms with Crippen molar-refractivity contribution in [1.82, 2.24) is 23.9 Å². The van der Waals surface area contributed by atoms with Crippen molar-refractivity contribution in [1.29, 1.82) is 0 Å². The van der Waals surface area contributed by atoms with Crippen molar-refractivity contribution in [3.63, 3.8) is 0 Å². The molecule has 0 unspecified atom stereocenters. The van der Waals surface area contributed by atoms with Gasteiger partial charge in [-0.25, -0.2) is 9.78 Å². The zero-order valence-corrected chi connectivity index (χ0v) is 18.6. The number of rotatable bonds is 7. The summed E-state index contributed by atoms with van der Waals surface area (Å²) in [5.41, 5.74) is 5.84. The summed E-state index contributed by atoms with van der Waals surface area (Å²) in [5, 5.41) is 25.4. The molecule has 16 heteroatoms. The Balaban J connectivity index is 1.48. The summed E-state index contributed by atoms with van der Waals surface area (Å²) < 4.78 is 8.00. The number of carbonyl (C=O) groups excluding carboxylic acids is 2. The lowest BCUT2D eigenvalue weighted by atomic mass is 10.0. The number of amides is 2. The van der Waals surface area contributed by atoms with E-state index >= 15 is 0 Å². The van der Waals surface area contributed by atoms with Crippen LogP contribution in [-0.2, 0) is 20.1 Å². The number of hydrogen-bond acceptors (Lipinski definition) is 13. The fourth-order valence-corrected chi connectivity index (χ4v) is 6.51. The third-order valence-electron chi connectivity index (χ3n) is 4.30. The molecule has 2 aromatic heterocycles. The Hall–Kier alpha value is -2.69. The number of carbonyl (C=O) groups is 3. The van der Waals surface area contributed by atoms with Crippen molar-refractivity contribution in [2.24, 2.45) is 5.16 Å². The molecule has 0 aliphatic carbocycles. The molecule has 1 fully saturated rings. The number of hydrogen-bond donors (Lipinski definition) is 4. The van der Waals surface area contributed by atoms with Gasteiger partial charge in [0.15, 0.2) is 10.8 Å². The summed E-state index contributed by atoms with van der Waals surface area (Å²) in [6, 6.07) is -0.964. The zero-order chi connectivity index (χ0) is 22.1. The molecule has 0 saturated carbocycles. The molecule has 4 heterocycles. The van der Waals surface area contributed by atoms with Gasteiger partial charge >= 0.3 is 5.97 Å². The van der Waals surface area contributed by atoms with Gasteiger partial charge in [-0.15, -0.1) is 34.9 Å². The third-order valence-corrected chi connectivity index (χ3v) is 8.08. The smallest absolute Gasteiger partial charge is 0.353 e. The number of aromatic nitrogens is 3. The molecule has 2 aromatic rings. The van der Waals surface area contributed by atoms with Gasteiger partial charge in [0.2, 0.25) is 0 Å². The lowest BCUT2D eigenvalue weighted by Crippen LogP contribution is -2.71. The molecule has 0 radical (unpaired) electrons. The van der Waals surface area contributed by atoms with Crippen LogP contribution in [0.1, 0.15) is 11.4 Å². The van der Waals surface area contributed by atoms with Gasteiger partial charge in [0.25, 0.3) is 11.8 Å². The number of thiazole rings is 1. The molecule has 5 N–H and O–H groups in total. The molecule has 2 amide bonds. The molecule has 2 aliphatic rings. The molecule has 0 spiro atoms. The van der Waals surface area contributed by atoms with E-state index in [0.29, 0.717) is 16.4 Å². The van der Waals surface area contributed by atoms with Gasteiger partial charge in [0, 0.05) is 21.8 Å². The maximum absolute atomic E-state index is 12.7. The first-order chi connectivity index (χ1) is 14.9. The molecule has 162 valence electrons. The third kappa shape index (κ3) is 4.10. The largest absolute Gasteiger partial charge is 0.477 e. The predicted octanol–water partition coefficient (Wildman–Crippen LogP) is 0.385. The Morgan fingerprint density at radius 1 is 1.45 bits per heavy atom. The molecule has 2 atom stereocenters. The average Bonchev–Trinajstić information content (AvgIpc) is 3.42. The standard InChI is InChI=1S/C15H13N7O5S4/c16-15-18-6(3-30-15)8(20-27)11(23)19-9-12(24)22-10(14(25)26)7(4-29-13(9)22)28-2-5-1-17-31-21-5/h1,3,9,13,27H,2,4H2,(H2,16,18)(H,19,23)(H,25,26)/b20-8-/t9-,13-/m1/s1. The van der Waals surface area contributed by atoms with Crippen LogP contribution in [0.3, 0.4) is 0 Å². The minimum absolute atomic E-state index is 0.0729. The average molecular weight is 500 g/mol. The highest BCUT2D eigenvalue weighted by Crippen LogP contribution is 2.44. The molecule has 31 heavy (non-hydrogen) atoms. The number of β-lactam (4-membered cyclic amide) rings is 1. The molecule has 2 aliphatic heterocycles. The Bertz CT molecular complexity index is 1100. The number of nitrogens with zero attached hydrogens (tertiary/aromatic N) is 5. The minimum Gasteiger partial charge on any atom is -0.477 e. The van der Waals surface area contributed by atoms with Gasteiger partial charge in [0.05, 0.1) is 23.6 Å². The van der Waals surface area contributed by atoms with Gasteiger partial charge in [0.1, 0.15) is 22.8 Å². The van der Waals surface area contributed by atoms with E-state index in [0.717, 1.165) is 28.8 Å². The van der Waals surface area contributed by atoms with Crippen LogP contribution in [0.15, 0.2) is 27.3 Å². The van der Waals surface area contributed by atoms with Gasteiger partial charge in [-0.2, -0.15) is 8.75 Å². The van der Waals surface area contributed by atoms with Crippen molar-refractivity contribution < 1.29 is 24.7 Å². The van der Waals surface area contributed by atoms with E-state index in [1.807, 2.05) is 0 Å². The topological polar surface area (TPSA) is 184 Å². The van der Waals surface area contributed by atoms with Crippen molar-refractivity contribution in [3.8, 4) is 0 Å². The molecule has 0 aromatic carbocycles. The number of oxime groups is 1. The van der Waals surface area contributed by atoms with Gasteiger partial charge < -0.3 is 21.4 Å². The Kier molecular flexibility index (Phi) is 6.12. The molecule has 0 bridgehead atoms. The fraction of sp³-hybridized carbons (Fsp3) is 0.267. The molecular formula is C15H13N7O5S4. The SMILES string of the molecule is Nc1nc(/C(=N/O)C(=O)N[C@@H]2C(=O)N3C(C(=O)O)=C(SCc4cnsn4)CS[C@H]23)cs1. The van der Waals surface area contributed by atoms with Crippen LogP contribution in [0, 0.1) is 0 Å². The van der Waals surface area contributed by atoms with Crippen molar-refractivity contribution in [2.75, 3.05) is 11.5 Å². The second kappa shape index (κ2) is 8.81. The highest BCUT2D eigenvalue weighted by Gasteiger charge is 2.54. The van der Waals surface area contributed by atoms with Crippen LogP contribution in [0.4, 0.5) is 5.13 Å². The van der Waals surface area contributed by atoms with Gasteiger partial charge in [-0.1, -0.05) is 5.16 Å². The number of nitrogens with two attached hydrogens (primary N) is 1. The normalized spacial score (nSPS) is 21.0. The van der Waals surface area contributed by atoms with Crippen LogP contribution in [-0.4, -0.2) is 69.6 Å². The van der Waals surface area contributed by atoms with Crippen molar-refractivity contribution >= 4 is 75.2 Å². The van der Waals surface area contributed by atoms with Crippen LogP contribution in [0.5, 0.6) is 0 Å². The van der Waals surface area contributed by atoms with E-state index in [-0.39, 0.29) is 22.2 Å². The highest BCUT2D eigenvalue weighted by atomic mass is 32.2. The highest BCUT2D eigenvalue weighted by molar-refractivity contribution is 8.05. The van der Waals surface area contributed by atoms with Crippen LogP contribution < -0.4 is 11.1 Å². The predicted molar refractivity (Wildman–Crippen MR) is 116 cm³/mol. The lowest BCUT2D eigenvalue weighted by Gasteiger charge is -2.49. The first-order valence-electron chi connectivity index (χ1n) is 8.45. The van der Waals surface area contributed by atoms with Crippen molar-refractivity contribution in [2.45, 2.75) is 17.2 Å². The maximum Gasteiger partial charge on any atom is 0.353 e. The first-order valence-corrected chi connectivity index (χ1v) is 12.1. The van der Waals surface area contributed by atoms with E-state index in [1.165, 1.54) is 33.8 Å². The first kappa shape index (κ1) is 21.5. The van der Waals surface area contributed by atoms with E-state index in [2.05, 4.69) is 24.2 Å². The summed E-state index contributed by atoms with van der Waals surface area (Å²) in [5.74, 6) is -1.81.